The maximum atomic E-state index is 13.4. The van der Waals surface area contributed by atoms with Crippen molar-refractivity contribution in [1.82, 2.24) is 10.2 Å². The zero-order chi connectivity index (χ0) is 23.3. The number of amides is 2. The maximum Gasteiger partial charge on any atom is 0.264 e. The summed E-state index contributed by atoms with van der Waals surface area (Å²) in [6, 6.07) is 12.5. The lowest BCUT2D eigenvalue weighted by Gasteiger charge is -2.31. The van der Waals surface area contributed by atoms with Gasteiger partial charge < -0.3 is 10.2 Å². The van der Waals surface area contributed by atoms with Gasteiger partial charge in [0.25, 0.3) is 15.9 Å². The number of piperidine rings is 1. The van der Waals surface area contributed by atoms with Gasteiger partial charge in [0, 0.05) is 31.6 Å². The minimum atomic E-state index is -3.99. The first kappa shape index (κ1) is 23.8. The van der Waals surface area contributed by atoms with E-state index in [9.17, 15) is 18.0 Å². The van der Waals surface area contributed by atoms with E-state index < -0.39 is 10.0 Å². The van der Waals surface area contributed by atoms with Crippen LogP contribution in [0.25, 0.3) is 0 Å². The van der Waals surface area contributed by atoms with Crippen LogP contribution < -0.4 is 9.62 Å². The fourth-order valence-electron chi connectivity index (χ4n) is 3.63. The summed E-state index contributed by atoms with van der Waals surface area (Å²) in [4.78, 5) is 26.0. The number of likely N-dealkylation sites (tertiary alicyclic amines) is 1. The highest BCUT2D eigenvalue weighted by Gasteiger charge is 2.27. The fourth-order valence-corrected chi connectivity index (χ4v) is 5.42. The van der Waals surface area contributed by atoms with E-state index in [4.69, 9.17) is 11.6 Å². The largest absolute Gasteiger partial charge is 0.349 e. The van der Waals surface area contributed by atoms with E-state index in [1.165, 1.54) is 25.1 Å². The summed E-state index contributed by atoms with van der Waals surface area (Å²) >= 11 is 6.24. The number of sulfonamides is 1. The lowest BCUT2D eigenvalue weighted by Crippen LogP contribution is -2.46. The summed E-state index contributed by atoms with van der Waals surface area (Å²) in [6.07, 6.45) is 2.79. The Balaban J connectivity index is 1.81. The molecule has 170 valence electrons. The lowest BCUT2D eigenvalue weighted by atomic mass is 10.0. The Morgan fingerprint density at radius 1 is 1.19 bits per heavy atom. The van der Waals surface area contributed by atoms with E-state index in [0.29, 0.717) is 36.6 Å². The molecule has 1 fully saturated rings. The monoisotopic (exact) mass is 475 g/mol. The molecular formula is C23H26ClN3O4S. The summed E-state index contributed by atoms with van der Waals surface area (Å²) in [6.45, 7) is 6.38. The second-order valence-electron chi connectivity index (χ2n) is 7.56. The fraction of sp³-hybridized carbons (Fsp3) is 0.304. The topological polar surface area (TPSA) is 86.8 Å². The SMILES string of the molecule is C=CCN(c1ccccc1Cl)S(=O)(=O)c1cccc(C(=O)NC2CCN(C(C)=O)CC2)c1. The summed E-state index contributed by atoms with van der Waals surface area (Å²) in [5, 5.41) is 3.24. The van der Waals surface area contributed by atoms with Crippen LogP contribution in [-0.2, 0) is 14.8 Å². The van der Waals surface area contributed by atoms with Gasteiger partial charge in [-0.3, -0.25) is 13.9 Å². The van der Waals surface area contributed by atoms with Crippen LogP contribution in [-0.4, -0.2) is 50.8 Å². The summed E-state index contributed by atoms with van der Waals surface area (Å²) in [5.41, 5.74) is 0.582. The molecule has 1 heterocycles. The molecular weight excluding hydrogens is 450 g/mol. The highest BCUT2D eigenvalue weighted by molar-refractivity contribution is 7.92. The number of para-hydroxylation sites is 1. The van der Waals surface area contributed by atoms with Crippen molar-refractivity contribution < 1.29 is 18.0 Å². The Bertz CT molecular complexity index is 1110. The van der Waals surface area contributed by atoms with Crippen LogP contribution in [0, 0.1) is 0 Å². The van der Waals surface area contributed by atoms with Gasteiger partial charge >= 0.3 is 0 Å². The molecule has 0 bridgehead atoms. The predicted octanol–water partition coefficient (Wildman–Crippen LogP) is 3.46. The molecule has 1 saturated heterocycles. The molecule has 1 aliphatic rings. The Morgan fingerprint density at radius 2 is 1.88 bits per heavy atom. The minimum Gasteiger partial charge on any atom is -0.349 e. The molecule has 2 aromatic carbocycles. The minimum absolute atomic E-state index is 0.0154. The average Bonchev–Trinajstić information content (AvgIpc) is 2.78. The molecule has 7 nitrogen and oxygen atoms in total. The zero-order valence-electron chi connectivity index (χ0n) is 17.8. The molecule has 32 heavy (non-hydrogen) atoms. The molecule has 9 heteroatoms. The number of carbonyl (C=O) groups excluding carboxylic acids is 2. The Hall–Kier alpha value is -2.84. The van der Waals surface area contributed by atoms with Crippen LogP contribution in [0.2, 0.25) is 5.02 Å². The van der Waals surface area contributed by atoms with Crippen molar-refractivity contribution in [2.75, 3.05) is 23.9 Å². The van der Waals surface area contributed by atoms with Crippen LogP contribution in [0.15, 0.2) is 66.1 Å². The van der Waals surface area contributed by atoms with E-state index >= 15 is 0 Å². The summed E-state index contributed by atoms with van der Waals surface area (Å²) < 4.78 is 27.9. The first-order chi connectivity index (χ1) is 15.2. The van der Waals surface area contributed by atoms with Crippen molar-refractivity contribution >= 4 is 39.1 Å². The number of hydrogen-bond donors (Lipinski definition) is 1. The van der Waals surface area contributed by atoms with Crippen molar-refractivity contribution in [3.8, 4) is 0 Å². The van der Waals surface area contributed by atoms with Gasteiger partial charge in [-0.05, 0) is 43.2 Å². The zero-order valence-corrected chi connectivity index (χ0v) is 19.4. The van der Waals surface area contributed by atoms with Crippen molar-refractivity contribution in [3.05, 3.63) is 71.8 Å². The molecule has 0 radical (unpaired) electrons. The van der Waals surface area contributed by atoms with E-state index in [-0.39, 0.29) is 34.9 Å². The van der Waals surface area contributed by atoms with Crippen molar-refractivity contribution in [3.63, 3.8) is 0 Å². The third-order valence-electron chi connectivity index (χ3n) is 5.38. The molecule has 2 amide bonds. The van der Waals surface area contributed by atoms with Crippen molar-refractivity contribution in [2.45, 2.75) is 30.7 Å². The van der Waals surface area contributed by atoms with Crippen LogP contribution >= 0.6 is 11.6 Å². The molecule has 2 aromatic rings. The van der Waals surface area contributed by atoms with E-state index in [0.717, 1.165) is 4.31 Å². The highest BCUT2D eigenvalue weighted by Crippen LogP contribution is 2.30. The van der Waals surface area contributed by atoms with Crippen LogP contribution in [0.5, 0.6) is 0 Å². The van der Waals surface area contributed by atoms with Gasteiger partial charge in [-0.1, -0.05) is 35.9 Å². The number of hydrogen-bond acceptors (Lipinski definition) is 4. The third-order valence-corrected chi connectivity index (χ3v) is 7.47. The Morgan fingerprint density at radius 3 is 2.50 bits per heavy atom. The predicted molar refractivity (Wildman–Crippen MR) is 125 cm³/mol. The smallest absolute Gasteiger partial charge is 0.264 e. The molecule has 1 aliphatic heterocycles. The van der Waals surface area contributed by atoms with Gasteiger partial charge in [-0.15, -0.1) is 6.58 Å². The third kappa shape index (κ3) is 5.31. The molecule has 0 aromatic heterocycles. The Labute approximate surface area is 193 Å². The molecule has 0 saturated carbocycles. The van der Waals surface area contributed by atoms with Gasteiger partial charge in [0.1, 0.15) is 0 Å². The van der Waals surface area contributed by atoms with Crippen LogP contribution in [0.4, 0.5) is 5.69 Å². The first-order valence-electron chi connectivity index (χ1n) is 10.3. The standard InChI is InChI=1S/C23H26ClN3O4S/c1-3-13-27(22-10-5-4-9-21(22)24)32(30,31)20-8-6-7-18(16-20)23(29)25-19-11-14-26(15-12-19)17(2)28/h3-10,16,19H,1,11-15H2,2H3,(H,25,29). The molecule has 0 atom stereocenters. The number of anilines is 1. The number of carbonyl (C=O) groups is 2. The molecule has 0 spiro atoms. The second-order valence-corrected chi connectivity index (χ2v) is 9.83. The van der Waals surface area contributed by atoms with Crippen LogP contribution in [0.1, 0.15) is 30.1 Å². The van der Waals surface area contributed by atoms with Gasteiger partial charge in [0.2, 0.25) is 5.91 Å². The van der Waals surface area contributed by atoms with Crippen LogP contribution in [0.3, 0.4) is 0 Å². The maximum absolute atomic E-state index is 13.4. The number of rotatable bonds is 7. The number of nitrogens with zero attached hydrogens (tertiary/aromatic N) is 2. The highest BCUT2D eigenvalue weighted by atomic mass is 35.5. The summed E-state index contributed by atoms with van der Waals surface area (Å²) in [5.74, 6) is -0.327. The molecule has 0 aliphatic carbocycles. The number of halogens is 1. The van der Waals surface area contributed by atoms with E-state index in [1.807, 2.05) is 0 Å². The van der Waals surface area contributed by atoms with E-state index in [2.05, 4.69) is 11.9 Å². The van der Waals surface area contributed by atoms with Gasteiger partial charge in [-0.2, -0.15) is 0 Å². The van der Waals surface area contributed by atoms with Gasteiger partial charge in [0.05, 0.1) is 22.2 Å². The summed E-state index contributed by atoms with van der Waals surface area (Å²) in [7, 11) is -3.99. The quantitative estimate of drug-likeness (QED) is 0.621. The lowest BCUT2D eigenvalue weighted by molar-refractivity contribution is -0.129. The van der Waals surface area contributed by atoms with Gasteiger partial charge in [0.15, 0.2) is 0 Å². The molecule has 1 N–H and O–H groups in total. The number of nitrogens with one attached hydrogen (secondary N) is 1. The normalized spacial score (nSPS) is 14.6. The van der Waals surface area contributed by atoms with Crippen molar-refractivity contribution in [1.29, 1.82) is 0 Å². The molecule has 0 unspecified atom stereocenters. The van der Waals surface area contributed by atoms with E-state index in [1.54, 1.807) is 41.3 Å². The first-order valence-corrected chi connectivity index (χ1v) is 12.1. The number of benzene rings is 2. The molecule has 3 rings (SSSR count). The Kier molecular flexibility index (Phi) is 7.58. The van der Waals surface area contributed by atoms with Crippen molar-refractivity contribution in [2.24, 2.45) is 0 Å². The van der Waals surface area contributed by atoms with Gasteiger partial charge in [-0.25, -0.2) is 8.42 Å². The average molecular weight is 476 g/mol. The second kappa shape index (κ2) is 10.2.